The third kappa shape index (κ3) is 5.00. The van der Waals surface area contributed by atoms with Gasteiger partial charge in [-0.2, -0.15) is 0 Å². The van der Waals surface area contributed by atoms with Gasteiger partial charge in [0.2, 0.25) is 0 Å². The second-order valence-electron chi connectivity index (χ2n) is 4.82. The summed E-state index contributed by atoms with van der Waals surface area (Å²) in [5.41, 5.74) is 0.847. The highest BCUT2D eigenvalue weighted by molar-refractivity contribution is 7.91. The third-order valence-electron chi connectivity index (χ3n) is 3.19. The third-order valence-corrected chi connectivity index (χ3v) is 5.08. The average molecular weight is 299 g/mol. The van der Waals surface area contributed by atoms with Crippen molar-refractivity contribution in [2.45, 2.75) is 33.7 Å². The Morgan fingerprint density at radius 3 is 2.35 bits per heavy atom. The Bertz CT molecular complexity index is 496. The van der Waals surface area contributed by atoms with Crippen LogP contribution in [0, 0.1) is 0 Å². The molecular weight excluding hydrogens is 274 g/mol. The first kappa shape index (κ1) is 16.8. The summed E-state index contributed by atoms with van der Waals surface area (Å²) in [7, 11) is -2.96. The normalized spacial score (nSPS) is 13.0. The van der Waals surface area contributed by atoms with E-state index in [4.69, 9.17) is 0 Å². The minimum atomic E-state index is -2.96. The largest absolute Gasteiger partial charge is 0.380 e. The summed E-state index contributed by atoms with van der Waals surface area (Å²) in [5, 5.41) is 3.17. The number of nitrogens with zero attached hydrogens (tertiary/aromatic N) is 2. The number of hydrogen-bond acceptors (Lipinski definition) is 5. The van der Waals surface area contributed by atoms with Crippen LogP contribution in [0.25, 0.3) is 0 Å². The summed E-state index contributed by atoms with van der Waals surface area (Å²) >= 11 is 0. The summed E-state index contributed by atoms with van der Waals surface area (Å²) < 4.78 is 23.1. The maximum absolute atomic E-state index is 11.6. The van der Waals surface area contributed by atoms with E-state index in [0.29, 0.717) is 0 Å². The summed E-state index contributed by atoms with van der Waals surface area (Å²) in [5.74, 6) is 1.26. The Morgan fingerprint density at radius 2 is 1.90 bits per heavy atom. The van der Waals surface area contributed by atoms with Gasteiger partial charge in [0.15, 0.2) is 9.84 Å². The quantitative estimate of drug-likeness (QED) is 0.797. The maximum Gasteiger partial charge on any atom is 0.152 e. The lowest BCUT2D eigenvalue weighted by atomic mass is 10.3. The Morgan fingerprint density at radius 1 is 1.25 bits per heavy atom. The average Bonchev–Trinajstić information content (AvgIpc) is 2.41. The van der Waals surface area contributed by atoms with Crippen LogP contribution in [0.15, 0.2) is 18.3 Å². The molecule has 0 aliphatic rings. The van der Waals surface area contributed by atoms with Crippen molar-refractivity contribution in [2.24, 2.45) is 0 Å². The van der Waals surface area contributed by atoms with Crippen LogP contribution in [0.3, 0.4) is 0 Å². The van der Waals surface area contributed by atoms with E-state index in [9.17, 15) is 8.42 Å². The fourth-order valence-electron chi connectivity index (χ4n) is 2.03. The van der Waals surface area contributed by atoms with E-state index in [1.54, 1.807) is 13.1 Å². The molecule has 0 aliphatic heterocycles. The molecule has 1 unspecified atom stereocenters. The minimum Gasteiger partial charge on any atom is -0.380 e. The van der Waals surface area contributed by atoms with E-state index >= 15 is 0 Å². The second-order valence-corrected chi connectivity index (χ2v) is 7.22. The number of sulfone groups is 1. The summed E-state index contributed by atoms with van der Waals surface area (Å²) in [6, 6.07) is 3.77. The standard InChI is InChI=1S/C14H25N3O2S/c1-5-17(6-2)14-9-8-13(10-15-14)16-12(4)11-20(18,19)7-3/h8-10,12,16H,5-7,11H2,1-4H3. The number of hydrogen-bond donors (Lipinski definition) is 1. The van der Waals surface area contributed by atoms with Crippen LogP contribution in [-0.2, 0) is 9.84 Å². The van der Waals surface area contributed by atoms with Crippen molar-refractivity contribution in [1.82, 2.24) is 4.98 Å². The first-order valence-electron chi connectivity index (χ1n) is 7.09. The molecule has 1 N–H and O–H groups in total. The molecule has 5 nitrogen and oxygen atoms in total. The van der Waals surface area contributed by atoms with E-state index in [-0.39, 0.29) is 17.5 Å². The van der Waals surface area contributed by atoms with Crippen LogP contribution >= 0.6 is 0 Å². The van der Waals surface area contributed by atoms with Crippen molar-refractivity contribution >= 4 is 21.3 Å². The van der Waals surface area contributed by atoms with Gasteiger partial charge in [-0.1, -0.05) is 6.92 Å². The maximum atomic E-state index is 11.6. The van der Waals surface area contributed by atoms with Gasteiger partial charge in [-0.3, -0.25) is 0 Å². The lowest BCUT2D eigenvalue weighted by Crippen LogP contribution is -2.27. The fraction of sp³-hybridized carbons (Fsp3) is 0.643. The van der Waals surface area contributed by atoms with Gasteiger partial charge in [0, 0.05) is 24.9 Å². The Labute approximate surface area is 122 Å². The van der Waals surface area contributed by atoms with Crippen LogP contribution in [0.5, 0.6) is 0 Å². The topological polar surface area (TPSA) is 62.3 Å². The highest BCUT2D eigenvalue weighted by atomic mass is 32.2. The zero-order chi connectivity index (χ0) is 15.2. The van der Waals surface area contributed by atoms with E-state index in [2.05, 4.69) is 29.0 Å². The highest BCUT2D eigenvalue weighted by Gasteiger charge is 2.13. The predicted octanol–water partition coefficient (Wildman–Crippen LogP) is 2.16. The zero-order valence-electron chi connectivity index (χ0n) is 12.8. The molecule has 0 spiro atoms. The molecule has 1 heterocycles. The van der Waals surface area contributed by atoms with Crippen molar-refractivity contribution in [3.8, 4) is 0 Å². The molecule has 1 rings (SSSR count). The lowest BCUT2D eigenvalue weighted by Gasteiger charge is -2.20. The van der Waals surface area contributed by atoms with Crippen molar-refractivity contribution in [3.05, 3.63) is 18.3 Å². The molecule has 1 aromatic heterocycles. The van der Waals surface area contributed by atoms with Crippen molar-refractivity contribution in [2.75, 3.05) is 34.8 Å². The van der Waals surface area contributed by atoms with Crippen LogP contribution in [0.4, 0.5) is 11.5 Å². The first-order chi connectivity index (χ1) is 9.41. The highest BCUT2D eigenvalue weighted by Crippen LogP contribution is 2.14. The molecule has 6 heteroatoms. The monoisotopic (exact) mass is 299 g/mol. The van der Waals surface area contributed by atoms with Crippen LogP contribution in [0.2, 0.25) is 0 Å². The van der Waals surface area contributed by atoms with Crippen LogP contribution in [-0.4, -0.2) is 44.0 Å². The molecule has 0 saturated carbocycles. The predicted molar refractivity (Wildman–Crippen MR) is 85.2 cm³/mol. The SMILES string of the molecule is CCN(CC)c1ccc(NC(C)CS(=O)(=O)CC)cn1. The molecule has 0 saturated heterocycles. The summed E-state index contributed by atoms with van der Waals surface area (Å²) in [4.78, 5) is 6.57. The zero-order valence-corrected chi connectivity index (χ0v) is 13.6. The molecule has 0 amide bonds. The van der Waals surface area contributed by atoms with Gasteiger partial charge < -0.3 is 10.2 Å². The van der Waals surface area contributed by atoms with Gasteiger partial charge in [0.05, 0.1) is 17.6 Å². The molecule has 0 bridgehead atoms. The number of nitrogens with one attached hydrogen (secondary N) is 1. The van der Waals surface area contributed by atoms with E-state index < -0.39 is 9.84 Å². The van der Waals surface area contributed by atoms with E-state index in [0.717, 1.165) is 24.6 Å². The van der Waals surface area contributed by atoms with Crippen molar-refractivity contribution in [3.63, 3.8) is 0 Å². The van der Waals surface area contributed by atoms with Crippen molar-refractivity contribution < 1.29 is 8.42 Å². The van der Waals surface area contributed by atoms with Gasteiger partial charge in [-0.15, -0.1) is 0 Å². The van der Waals surface area contributed by atoms with Crippen LogP contribution in [0.1, 0.15) is 27.7 Å². The van der Waals surface area contributed by atoms with E-state index in [1.165, 1.54) is 0 Å². The first-order valence-corrected chi connectivity index (χ1v) is 8.91. The van der Waals surface area contributed by atoms with Gasteiger partial charge >= 0.3 is 0 Å². The van der Waals surface area contributed by atoms with Gasteiger partial charge in [-0.05, 0) is 32.9 Å². The number of aromatic nitrogens is 1. The molecule has 20 heavy (non-hydrogen) atoms. The molecule has 0 fully saturated rings. The summed E-state index contributed by atoms with van der Waals surface area (Å²) in [6.45, 7) is 9.56. The molecule has 1 aromatic rings. The van der Waals surface area contributed by atoms with Crippen molar-refractivity contribution in [1.29, 1.82) is 0 Å². The number of rotatable bonds is 8. The van der Waals surface area contributed by atoms with Crippen LogP contribution < -0.4 is 10.2 Å². The van der Waals surface area contributed by atoms with Gasteiger partial charge in [0.1, 0.15) is 5.82 Å². The Balaban J connectivity index is 2.66. The Kier molecular flexibility index (Phi) is 6.26. The Hall–Kier alpha value is -1.30. The van der Waals surface area contributed by atoms with Gasteiger partial charge in [0.25, 0.3) is 0 Å². The minimum absolute atomic E-state index is 0.124. The van der Waals surface area contributed by atoms with Gasteiger partial charge in [-0.25, -0.2) is 13.4 Å². The molecule has 1 atom stereocenters. The smallest absolute Gasteiger partial charge is 0.152 e. The molecule has 0 aliphatic carbocycles. The molecule has 0 radical (unpaired) electrons. The van der Waals surface area contributed by atoms with E-state index in [1.807, 2.05) is 19.1 Å². The molecule has 114 valence electrons. The summed E-state index contributed by atoms with van der Waals surface area (Å²) in [6.07, 6.45) is 1.75. The molecular formula is C14H25N3O2S. The second kappa shape index (κ2) is 7.47. The number of anilines is 2. The fourth-order valence-corrected chi connectivity index (χ4v) is 3.11. The molecule has 0 aromatic carbocycles. The lowest BCUT2D eigenvalue weighted by molar-refractivity contribution is 0.593. The number of pyridine rings is 1.